The molecule has 134 valence electrons. The highest BCUT2D eigenvalue weighted by molar-refractivity contribution is 5.78. The molecule has 0 spiro atoms. The van der Waals surface area contributed by atoms with Crippen LogP contribution in [0, 0.1) is 5.82 Å². The fourth-order valence-electron chi connectivity index (χ4n) is 2.78. The number of carbonyl (C=O) groups is 1. The summed E-state index contributed by atoms with van der Waals surface area (Å²) in [5, 5.41) is 6.03. The zero-order chi connectivity index (χ0) is 18.2. The molecule has 0 aliphatic carbocycles. The molecule has 1 heterocycles. The molecule has 0 unspecified atom stereocenters. The summed E-state index contributed by atoms with van der Waals surface area (Å²) in [7, 11) is 0. The molecular formula is C21H21FN2O2. The maximum atomic E-state index is 13.6. The number of amides is 1. The van der Waals surface area contributed by atoms with Gasteiger partial charge >= 0.3 is 0 Å². The fraction of sp³-hybridized carbons (Fsp3) is 0.190. The lowest BCUT2D eigenvalue weighted by atomic mass is 10.0. The summed E-state index contributed by atoms with van der Waals surface area (Å²) in [6, 6.07) is 19.9. The molecule has 5 heteroatoms. The number of benzene rings is 2. The van der Waals surface area contributed by atoms with Crippen molar-refractivity contribution in [2.75, 3.05) is 13.1 Å². The monoisotopic (exact) mass is 352 g/mol. The van der Waals surface area contributed by atoms with Crippen molar-refractivity contribution in [3.63, 3.8) is 0 Å². The molecular weight excluding hydrogens is 331 g/mol. The molecule has 0 fully saturated rings. The van der Waals surface area contributed by atoms with E-state index in [-0.39, 0.29) is 24.3 Å². The van der Waals surface area contributed by atoms with E-state index in [9.17, 15) is 9.18 Å². The zero-order valence-electron chi connectivity index (χ0n) is 14.3. The Morgan fingerprint density at radius 3 is 2.50 bits per heavy atom. The lowest BCUT2D eigenvalue weighted by Crippen LogP contribution is -2.37. The van der Waals surface area contributed by atoms with E-state index in [4.69, 9.17) is 4.42 Å². The van der Waals surface area contributed by atoms with Gasteiger partial charge in [-0.05, 0) is 35.7 Å². The number of hydrogen-bond acceptors (Lipinski definition) is 3. The van der Waals surface area contributed by atoms with Gasteiger partial charge in [-0.1, -0.05) is 48.5 Å². The third kappa shape index (κ3) is 4.80. The third-order valence-corrected chi connectivity index (χ3v) is 4.10. The van der Waals surface area contributed by atoms with Gasteiger partial charge in [-0.15, -0.1) is 0 Å². The maximum absolute atomic E-state index is 13.6. The first-order valence-corrected chi connectivity index (χ1v) is 8.56. The number of carbonyl (C=O) groups excluding carboxylic acids is 1. The van der Waals surface area contributed by atoms with E-state index in [1.54, 1.807) is 24.5 Å². The Morgan fingerprint density at radius 2 is 1.77 bits per heavy atom. The van der Waals surface area contributed by atoms with E-state index < -0.39 is 0 Å². The molecule has 3 aromatic rings. The molecule has 0 aliphatic heterocycles. The number of rotatable bonds is 8. The molecule has 26 heavy (non-hydrogen) atoms. The van der Waals surface area contributed by atoms with E-state index in [1.807, 2.05) is 42.5 Å². The summed E-state index contributed by atoms with van der Waals surface area (Å²) in [5.74, 6) is 0.353. The van der Waals surface area contributed by atoms with Crippen molar-refractivity contribution < 1.29 is 13.6 Å². The molecule has 2 aromatic carbocycles. The van der Waals surface area contributed by atoms with Crippen LogP contribution in [-0.4, -0.2) is 19.0 Å². The number of hydrogen-bond donors (Lipinski definition) is 2. The Hall–Kier alpha value is -2.92. The van der Waals surface area contributed by atoms with Crippen molar-refractivity contribution in [3.8, 4) is 0 Å². The van der Waals surface area contributed by atoms with Crippen molar-refractivity contribution in [2.24, 2.45) is 0 Å². The largest absolute Gasteiger partial charge is 0.467 e. The van der Waals surface area contributed by atoms with Crippen molar-refractivity contribution in [2.45, 2.75) is 12.5 Å². The van der Waals surface area contributed by atoms with Crippen LogP contribution in [0.4, 0.5) is 4.39 Å². The molecule has 1 amide bonds. The van der Waals surface area contributed by atoms with Crippen LogP contribution in [-0.2, 0) is 11.2 Å². The van der Waals surface area contributed by atoms with E-state index in [1.165, 1.54) is 6.07 Å². The minimum absolute atomic E-state index is 0.136. The third-order valence-electron chi connectivity index (χ3n) is 4.10. The molecule has 4 nitrogen and oxygen atoms in total. The minimum Gasteiger partial charge on any atom is -0.467 e. The normalized spacial score (nSPS) is 11.9. The lowest BCUT2D eigenvalue weighted by Gasteiger charge is -2.17. The quantitative estimate of drug-likeness (QED) is 0.653. The lowest BCUT2D eigenvalue weighted by molar-refractivity contribution is -0.120. The molecule has 1 atom stereocenters. The maximum Gasteiger partial charge on any atom is 0.233 e. The van der Waals surface area contributed by atoms with Crippen LogP contribution in [0.25, 0.3) is 0 Å². The molecule has 0 radical (unpaired) electrons. The Balaban J connectivity index is 1.52. The molecule has 3 rings (SSSR count). The standard InChI is InChI=1S/C21H21FN2O2/c22-18-10-5-4-7-16(18)12-13-23-20(25)15-24-21(19-11-6-14-26-19)17-8-2-1-3-9-17/h1-11,14,21,24H,12-13,15H2,(H,23,25)/t21-/m0/s1. The highest BCUT2D eigenvalue weighted by Gasteiger charge is 2.17. The first kappa shape index (κ1) is 17.9. The molecule has 0 saturated heterocycles. The summed E-state index contributed by atoms with van der Waals surface area (Å²) in [5.41, 5.74) is 1.61. The average molecular weight is 352 g/mol. The predicted molar refractivity (Wildman–Crippen MR) is 98.1 cm³/mol. The highest BCUT2D eigenvalue weighted by Crippen LogP contribution is 2.21. The first-order valence-electron chi connectivity index (χ1n) is 8.56. The second kappa shape index (κ2) is 8.97. The molecule has 1 aromatic heterocycles. The zero-order valence-corrected chi connectivity index (χ0v) is 14.3. The van der Waals surface area contributed by atoms with Gasteiger partial charge in [-0.3, -0.25) is 10.1 Å². The van der Waals surface area contributed by atoms with Gasteiger partial charge in [-0.2, -0.15) is 0 Å². The smallest absolute Gasteiger partial charge is 0.233 e. The van der Waals surface area contributed by atoms with Crippen LogP contribution in [0.3, 0.4) is 0 Å². The average Bonchev–Trinajstić information content (AvgIpc) is 3.19. The van der Waals surface area contributed by atoms with Gasteiger partial charge in [0.25, 0.3) is 0 Å². The van der Waals surface area contributed by atoms with Gasteiger partial charge in [0.15, 0.2) is 0 Å². The van der Waals surface area contributed by atoms with Gasteiger partial charge in [0.2, 0.25) is 5.91 Å². The topological polar surface area (TPSA) is 54.3 Å². The summed E-state index contributed by atoms with van der Waals surface area (Å²) in [4.78, 5) is 12.1. The van der Waals surface area contributed by atoms with Crippen LogP contribution in [0.5, 0.6) is 0 Å². The SMILES string of the molecule is O=C(CN[C@@H](c1ccccc1)c1ccco1)NCCc1ccccc1F. The van der Waals surface area contributed by atoms with Crippen molar-refractivity contribution >= 4 is 5.91 Å². The summed E-state index contributed by atoms with van der Waals surface area (Å²) in [6.07, 6.45) is 2.07. The number of halogens is 1. The molecule has 0 bridgehead atoms. The Kier molecular flexibility index (Phi) is 6.17. The predicted octanol–water partition coefficient (Wildman–Crippen LogP) is 3.46. The van der Waals surface area contributed by atoms with E-state index in [2.05, 4.69) is 10.6 Å². The molecule has 0 aliphatic rings. The van der Waals surface area contributed by atoms with Crippen LogP contribution in [0.15, 0.2) is 77.4 Å². The van der Waals surface area contributed by atoms with Gasteiger partial charge in [0.05, 0.1) is 18.8 Å². The Morgan fingerprint density at radius 1 is 1.00 bits per heavy atom. The van der Waals surface area contributed by atoms with E-state index in [0.29, 0.717) is 18.5 Å². The van der Waals surface area contributed by atoms with Crippen LogP contribution < -0.4 is 10.6 Å². The molecule has 2 N–H and O–H groups in total. The summed E-state index contributed by atoms with van der Waals surface area (Å²) in [6.45, 7) is 0.524. The van der Waals surface area contributed by atoms with Gasteiger partial charge in [-0.25, -0.2) is 4.39 Å². The Labute approximate surface area is 152 Å². The molecule has 0 saturated carbocycles. The number of furan rings is 1. The summed E-state index contributed by atoms with van der Waals surface area (Å²) >= 11 is 0. The number of nitrogens with one attached hydrogen (secondary N) is 2. The Bertz CT molecular complexity index is 819. The van der Waals surface area contributed by atoms with Crippen LogP contribution >= 0.6 is 0 Å². The van der Waals surface area contributed by atoms with Crippen molar-refractivity contribution in [1.82, 2.24) is 10.6 Å². The van der Waals surface area contributed by atoms with Gasteiger partial charge in [0.1, 0.15) is 11.6 Å². The first-order chi connectivity index (χ1) is 12.7. The van der Waals surface area contributed by atoms with Gasteiger partial charge < -0.3 is 9.73 Å². The second-order valence-electron chi connectivity index (χ2n) is 5.93. The van der Waals surface area contributed by atoms with E-state index >= 15 is 0 Å². The van der Waals surface area contributed by atoms with E-state index in [0.717, 1.165) is 11.3 Å². The second-order valence-corrected chi connectivity index (χ2v) is 5.93. The van der Waals surface area contributed by atoms with Crippen molar-refractivity contribution in [1.29, 1.82) is 0 Å². The van der Waals surface area contributed by atoms with Gasteiger partial charge in [0, 0.05) is 6.54 Å². The summed E-state index contributed by atoms with van der Waals surface area (Å²) < 4.78 is 19.1. The van der Waals surface area contributed by atoms with Crippen LogP contribution in [0.1, 0.15) is 22.9 Å². The minimum atomic E-state index is -0.248. The van der Waals surface area contributed by atoms with Crippen LogP contribution in [0.2, 0.25) is 0 Å². The fourth-order valence-corrected chi connectivity index (χ4v) is 2.78. The van der Waals surface area contributed by atoms with Crippen molar-refractivity contribution in [3.05, 3.63) is 95.7 Å². The highest BCUT2D eigenvalue weighted by atomic mass is 19.1.